The molecule has 152 valence electrons. The largest absolute Gasteiger partial charge is 0.342 e. The summed E-state index contributed by atoms with van der Waals surface area (Å²) in [5.41, 5.74) is 1.88. The van der Waals surface area contributed by atoms with Gasteiger partial charge in [-0.1, -0.05) is 13.8 Å². The first kappa shape index (κ1) is 19.4. The number of nitrogens with zero attached hydrogens (tertiary/aromatic N) is 5. The monoisotopic (exact) mass is 393 g/mol. The maximum atomic E-state index is 13.2. The van der Waals surface area contributed by atoms with Crippen LogP contribution in [0.5, 0.6) is 0 Å². The van der Waals surface area contributed by atoms with Crippen molar-refractivity contribution in [3.8, 4) is 0 Å². The second-order valence-electron chi connectivity index (χ2n) is 7.95. The van der Waals surface area contributed by atoms with Crippen LogP contribution in [-0.2, 0) is 13.0 Å². The number of fused-ring (bicyclic) bond motifs is 2. The Labute approximate surface area is 170 Å². The maximum absolute atomic E-state index is 13.2. The van der Waals surface area contributed by atoms with Gasteiger partial charge in [0.05, 0.1) is 17.3 Å². The molecule has 3 aromatic heterocycles. The highest BCUT2D eigenvalue weighted by molar-refractivity contribution is 5.98. The number of carbonyl (C=O) groups excluding carboxylic acids is 1. The molecule has 3 aromatic rings. The summed E-state index contributed by atoms with van der Waals surface area (Å²) < 4.78 is 2.16. The van der Waals surface area contributed by atoms with E-state index in [0.29, 0.717) is 22.8 Å². The summed E-state index contributed by atoms with van der Waals surface area (Å²) in [6.45, 7) is 8.72. The highest BCUT2D eigenvalue weighted by Crippen LogP contribution is 2.23. The third-order valence-corrected chi connectivity index (χ3v) is 5.24. The quantitative estimate of drug-likeness (QED) is 0.690. The van der Waals surface area contributed by atoms with Gasteiger partial charge in [0.1, 0.15) is 5.82 Å². The summed E-state index contributed by atoms with van der Waals surface area (Å²) >= 11 is 0. The first-order chi connectivity index (χ1) is 14.0. The first-order valence-electron chi connectivity index (χ1n) is 10.2. The third-order valence-electron chi connectivity index (χ3n) is 5.24. The Morgan fingerprint density at radius 3 is 3.00 bits per heavy atom. The van der Waals surface area contributed by atoms with Crippen molar-refractivity contribution in [1.29, 1.82) is 0 Å². The van der Waals surface area contributed by atoms with Gasteiger partial charge in [0.2, 0.25) is 0 Å². The van der Waals surface area contributed by atoms with Gasteiger partial charge in [-0.25, -0.2) is 9.97 Å². The predicted octanol–water partition coefficient (Wildman–Crippen LogP) is 2.19. The van der Waals surface area contributed by atoms with Gasteiger partial charge in [-0.2, -0.15) is 0 Å². The van der Waals surface area contributed by atoms with Gasteiger partial charge >= 0.3 is 0 Å². The Morgan fingerprint density at radius 2 is 2.17 bits per heavy atom. The van der Waals surface area contributed by atoms with Crippen molar-refractivity contribution < 1.29 is 4.79 Å². The summed E-state index contributed by atoms with van der Waals surface area (Å²) in [7, 11) is 0. The second-order valence-corrected chi connectivity index (χ2v) is 7.95. The van der Waals surface area contributed by atoms with Crippen LogP contribution in [0.4, 0.5) is 0 Å². The molecule has 29 heavy (non-hydrogen) atoms. The minimum Gasteiger partial charge on any atom is -0.342 e. The van der Waals surface area contributed by atoms with Crippen molar-refractivity contribution in [2.24, 2.45) is 5.92 Å². The molecule has 0 radical (unpaired) electrons. The van der Waals surface area contributed by atoms with Crippen LogP contribution in [0, 0.1) is 12.8 Å². The lowest BCUT2D eigenvalue weighted by molar-refractivity contribution is 0.0928. The van der Waals surface area contributed by atoms with Gasteiger partial charge in [0.15, 0.2) is 11.5 Å². The number of nitrogens with one attached hydrogen (secondary N) is 2. The van der Waals surface area contributed by atoms with Gasteiger partial charge in [-0.05, 0) is 37.5 Å². The van der Waals surface area contributed by atoms with E-state index in [1.54, 1.807) is 6.20 Å². The summed E-state index contributed by atoms with van der Waals surface area (Å²) in [5, 5.41) is 16.3. The molecule has 0 fully saturated rings. The standard InChI is InChI=1S/C21H27N7O/c1-13(2)11-17(20-27-26-18-6-8-22-9-10-28(18)20)25-21(29)16-12-15-5-4-7-23-19(15)24-14(16)3/h4-5,7,12-13,17,22H,6,8-11H2,1-3H3,(H,25,29). The molecular formula is C21H27N7O. The van der Waals surface area contributed by atoms with E-state index in [1.807, 2.05) is 25.1 Å². The van der Waals surface area contributed by atoms with E-state index in [9.17, 15) is 4.79 Å². The molecule has 8 nitrogen and oxygen atoms in total. The van der Waals surface area contributed by atoms with E-state index in [0.717, 1.165) is 49.5 Å². The van der Waals surface area contributed by atoms with Crippen LogP contribution >= 0.6 is 0 Å². The Morgan fingerprint density at radius 1 is 1.31 bits per heavy atom. The molecule has 4 rings (SSSR count). The van der Waals surface area contributed by atoms with E-state index < -0.39 is 0 Å². The Bertz CT molecular complexity index is 1030. The van der Waals surface area contributed by atoms with Crippen LogP contribution in [0.15, 0.2) is 24.4 Å². The molecule has 0 saturated heterocycles. The van der Waals surface area contributed by atoms with Crippen molar-refractivity contribution >= 4 is 16.9 Å². The fourth-order valence-electron chi connectivity index (χ4n) is 3.81. The minimum atomic E-state index is -0.203. The van der Waals surface area contributed by atoms with Gasteiger partial charge in [0, 0.05) is 37.6 Å². The molecule has 2 N–H and O–H groups in total. The van der Waals surface area contributed by atoms with Crippen LogP contribution in [0.2, 0.25) is 0 Å². The molecule has 0 aliphatic carbocycles. The van der Waals surface area contributed by atoms with Crippen LogP contribution < -0.4 is 10.6 Å². The molecule has 1 aliphatic rings. The van der Waals surface area contributed by atoms with Crippen molar-refractivity contribution in [1.82, 2.24) is 35.4 Å². The Hall–Kier alpha value is -2.87. The van der Waals surface area contributed by atoms with E-state index in [-0.39, 0.29) is 11.9 Å². The summed E-state index contributed by atoms with van der Waals surface area (Å²) in [6.07, 6.45) is 3.34. The molecule has 4 heterocycles. The lowest BCUT2D eigenvalue weighted by Gasteiger charge is -2.21. The average Bonchev–Trinajstić information content (AvgIpc) is 2.94. The van der Waals surface area contributed by atoms with Gasteiger partial charge in [-0.15, -0.1) is 10.2 Å². The summed E-state index contributed by atoms with van der Waals surface area (Å²) in [6, 6.07) is 5.43. The SMILES string of the molecule is Cc1nc2ncccc2cc1C(=O)NC(CC(C)C)c1nnc2n1CCNCC2. The average molecular weight is 393 g/mol. The van der Waals surface area contributed by atoms with E-state index in [1.165, 1.54) is 0 Å². The zero-order valence-electron chi connectivity index (χ0n) is 17.1. The van der Waals surface area contributed by atoms with Crippen LogP contribution in [0.25, 0.3) is 11.0 Å². The normalized spacial score (nSPS) is 15.2. The topological polar surface area (TPSA) is 97.6 Å². The number of aryl methyl sites for hydroxylation is 1. The maximum Gasteiger partial charge on any atom is 0.253 e. The van der Waals surface area contributed by atoms with Crippen LogP contribution in [0.1, 0.15) is 54.0 Å². The van der Waals surface area contributed by atoms with Crippen LogP contribution in [0.3, 0.4) is 0 Å². The van der Waals surface area contributed by atoms with Gasteiger partial charge in [-0.3, -0.25) is 4.79 Å². The fraction of sp³-hybridized carbons (Fsp3) is 0.476. The number of hydrogen-bond acceptors (Lipinski definition) is 6. The minimum absolute atomic E-state index is 0.143. The molecule has 0 aromatic carbocycles. The zero-order valence-corrected chi connectivity index (χ0v) is 17.1. The molecule has 8 heteroatoms. The molecule has 1 aliphatic heterocycles. The number of carbonyl (C=O) groups is 1. The molecule has 0 saturated carbocycles. The van der Waals surface area contributed by atoms with E-state index >= 15 is 0 Å². The third kappa shape index (κ3) is 4.12. The number of amides is 1. The van der Waals surface area contributed by atoms with Crippen molar-refractivity contribution in [2.75, 3.05) is 13.1 Å². The molecule has 0 spiro atoms. The Kier molecular flexibility index (Phi) is 5.53. The number of hydrogen-bond donors (Lipinski definition) is 2. The van der Waals surface area contributed by atoms with Gasteiger partial charge in [0.25, 0.3) is 5.91 Å². The first-order valence-corrected chi connectivity index (χ1v) is 10.2. The molecule has 1 unspecified atom stereocenters. The van der Waals surface area contributed by atoms with E-state index in [2.05, 4.69) is 49.2 Å². The fourth-order valence-corrected chi connectivity index (χ4v) is 3.81. The second kappa shape index (κ2) is 8.24. The molecule has 1 amide bonds. The number of pyridine rings is 2. The lowest BCUT2D eigenvalue weighted by atomic mass is 10.0. The predicted molar refractivity (Wildman–Crippen MR) is 111 cm³/mol. The number of rotatable bonds is 5. The summed E-state index contributed by atoms with van der Waals surface area (Å²) in [5.74, 6) is 2.06. The van der Waals surface area contributed by atoms with Gasteiger partial charge < -0.3 is 15.2 Å². The highest BCUT2D eigenvalue weighted by Gasteiger charge is 2.26. The molecular weight excluding hydrogens is 366 g/mol. The van der Waals surface area contributed by atoms with Crippen molar-refractivity contribution in [3.05, 3.63) is 47.3 Å². The zero-order chi connectivity index (χ0) is 20.4. The smallest absolute Gasteiger partial charge is 0.253 e. The van der Waals surface area contributed by atoms with Crippen molar-refractivity contribution in [2.45, 2.75) is 46.2 Å². The molecule has 0 bridgehead atoms. The van der Waals surface area contributed by atoms with E-state index in [4.69, 9.17) is 0 Å². The molecule has 1 atom stereocenters. The lowest BCUT2D eigenvalue weighted by Crippen LogP contribution is -2.32. The highest BCUT2D eigenvalue weighted by atomic mass is 16.1. The Balaban J connectivity index is 1.65. The van der Waals surface area contributed by atoms with Crippen molar-refractivity contribution in [3.63, 3.8) is 0 Å². The van der Waals surface area contributed by atoms with Crippen LogP contribution in [-0.4, -0.2) is 43.7 Å². The number of aromatic nitrogens is 5. The summed E-state index contributed by atoms with van der Waals surface area (Å²) in [4.78, 5) is 22.0.